The molecule has 0 aliphatic rings. The van der Waals surface area contributed by atoms with E-state index in [9.17, 15) is 19.0 Å². The second-order valence-electron chi connectivity index (χ2n) is 24.0. The van der Waals surface area contributed by atoms with Crippen LogP contribution in [0.15, 0.2) is 182 Å². The van der Waals surface area contributed by atoms with Gasteiger partial charge in [0.25, 0.3) is 0 Å². The molecule has 0 rings (SSSR count). The Morgan fingerprint density at radius 3 is 0.839 bits per heavy atom. The summed E-state index contributed by atoms with van der Waals surface area (Å²) in [5.74, 6) is -0.869. The second kappa shape index (κ2) is 76.1. The first-order chi connectivity index (χ1) is 45.8. The number of phosphoric acid groups is 1. The van der Waals surface area contributed by atoms with Crippen LogP contribution in [0, 0.1) is 0 Å². The molecule has 0 fully saturated rings. The zero-order chi connectivity index (χ0) is 67.2. The van der Waals surface area contributed by atoms with Gasteiger partial charge in [0, 0.05) is 19.4 Å². The molecule has 526 valence electrons. The molecular formula is C83H136NO8P. The average molecular weight is 1310 g/mol. The molecule has 0 radical (unpaired) electrons. The van der Waals surface area contributed by atoms with Crippen molar-refractivity contribution in [2.45, 2.75) is 302 Å². The van der Waals surface area contributed by atoms with Crippen molar-refractivity contribution in [2.24, 2.45) is 5.73 Å². The monoisotopic (exact) mass is 1310 g/mol. The smallest absolute Gasteiger partial charge is 0.462 e. The predicted octanol–water partition coefficient (Wildman–Crippen LogP) is 25.1. The van der Waals surface area contributed by atoms with Crippen LogP contribution in [0.2, 0.25) is 0 Å². The number of carbonyl (C=O) groups is 2. The molecule has 10 heteroatoms. The number of rotatable bonds is 68. The number of allylic oxidation sites excluding steroid dienone is 30. The Labute approximate surface area is 571 Å². The maximum atomic E-state index is 12.8. The summed E-state index contributed by atoms with van der Waals surface area (Å²) in [5.41, 5.74) is 5.40. The number of hydrogen-bond acceptors (Lipinski definition) is 8. The van der Waals surface area contributed by atoms with Crippen molar-refractivity contribution in [1.29, 1.82) is 0 Å². The largest absolute Gasteiger partial charge is 0.472 e. The summed E-state index contributed by atoms with van der Waals surface area (Å²) in [7, 11) is -4.42. The Hall–Kier alpha value is -4.89. The van der Waals surface area contributed by atoms with Gasteiger partial charge in [-0.1, -0.05) is 331 Å². The maximum absolute atomic E-state index is 12.8. The van der Waals surface area contributed by atoms with Crippen molar-refractivity contribution in [3.63, 3.8) is 0 Å². The van der Waals surface area contributed by atoms with E-state index in [-0.39, 0.29) is 32.6 Å². The van der Waals surface area contributed by atoms with Gasteiger partial charge in [-0.25, -0.2) is 4.57 Å². The molecular weight excluding hydrogens is 1170 g/mol. The normalized spacial score (nSPS) is 14.0. The molecule has 0 bridgehead atoms. The lowest BCUT2D eigenvalue weighted by atomic mass is 10.0. The van der Waals surface area contributed by atoms with Gasteiger partial charge >= 0.3 is 19.8 Å². The van der Waals surface area contributed by atoms with E-state index in [0.29, 0.717) is 6.42 Å². The number of carbonyl (C=O) groups excluding carboxylic acids is 2. The number of esters is 2. The van der Waals surface area contributed by atoms with E-state index in [0.717, 1.165) is 135 Å². The van der Waals surface area contributed by atoms with E-state index >= 15 is 0 Å². The third kappa shape index (κ3) is 76.0. The summed E-state index contributed by atoms with van der Waals surface area (Å²) in [6.07, 6.45) is 114. The fourth-order valence-electron chi connectivity index (χ4n) is 9.87. The molecule has 0 aromatic rings. The van der Waals surface area contributed by atoms with E-state index in [2.05, 4.69) is 196 Å². The lowest BCUT2D eigenvalue weighted by Crippen LogP contribution is -2.29. The van der Waals surface area contributed by atoms with Crippen molar-refractivity contribution in [1.82, 2.24) is 0 Å². The fourth-order valence-corrected chi connectivity index (χ4v) is 10.6. The first-order valence-electron chi connectivity index (χ1n) is 37.3. The average Bonchev–Trinajstić information content (AvgIpc) is 3.70. The number of unbranched alkanes of at least 4 members (excludes halogenated alkanes) is 25. The predicted molar refractivity (Wildman–Crippen MR) is 403 cm³/mol. The molecule has 0 saturated carbocycles. The quantitative estimate of drug-likeness (QED) is 0.0264. The van der Waals surface area contributed by atoms with Crippen LogP contribution in [0.1, 0.15) is 296 Å². The Balaban J connectivity index is 3.92. The minimum atomic E-state index is -4.42. The van der Waals surface area contributed by atoms with Crippen molar-refractivity contribution in [3.05, 3.63) is 182 Å². The van der Waals surface area contributed by atoms with Gasteiger partial charge in [-0.2, -0.15) is 0 Å². The number of hydrogen-bond donors (Lipinski definition) is 2. The first-order valence-corrected chi connectivity index (χ1v) is 38.8. The summed E-state index contributed by atoms with van der Waals surface area (Å²) in [5, 5.41) is 0. The van der Waals surface area contributed by atoms with Crippen molar-refractivity contribution in [2.75, 3.05) is 26.4 Å². The SMILES string of the molecule is CC/C=C\C/C=C\C/C=C\C/C=C\C/C=C\C/C=C\C/C=C\C/C=C\C/C=C\CCCCCC(=O)OC(COC(=O)CCCCCCCCCCCCCCCCCCCCCCCC/C=C\C/C=C\C/C=C\C/C=C\C/C=C\C/C=C\CC)COP(=O)(O)OCCN. The van der Waals surface area contributed by atoms with E-state index in [1.165, 1.54) is 128 Å². The molecule has 0 aromatic heterocycles. The summed E-state index contributed by atoms with van der Waals surface area (Å²) < 4.78 is 33.2. The van der Waals surface area contributed by atoms with Gasteiger partial charge in [0.05, 0.1) is 13.2 Å². The van der Waals surface area contributed by atoms with E-state index in [1.807, 2.05) is 0 Å². The minimum Gasteiger partial charge on any atom is -0.462 e. The molecule has 93 heavy (non-hydrogen) atoms. The van der Waals surface area contributed by atoms with E-state index in [1.54, 1.807) is 0 Å². The number of nitrogens with two attached hydrogens (primary N) is 1. The fraction of sp³-hybridized carbons (Fsp3) is 0.614. The molecule has 2 atom stereocenters. The first kappa shape index (κ1) is 88.1. The van der Waals surface area contributed by atoms with Crippen LogP contribution >= 0.6 is 7.82 Å². The van der Waals surface area contributed by atoms with Crippen LogP contribution < -0.4 is 5.73 Å². The van der Waals surface area contributed by atoms with Gasteiger partial charge < -0.3 is 20.1 Å². The minimum absolute atomic E-state index is 0.0400. The summed E-state index contributed by atoms with van der Waals surface area (Å²) in [4.78, 5) is 35.4. The topological polar surface area (TPSA) is 134 Å². The molecule has 0 aliphatic carbocycles. The Kier molecular flexibility index (Phi) is 72.1. The molecule has 0 spiro atoms. The molecule has 0 heterocycles. The molecule has 0 aromatic carbocycles. The van der Waals surface area contributed by atoms with Crippen LogP contribution in [0.5, 0.6) is 0 Å². The molecule has 0 amide bonds. The van der Waals surface area contributed by atoms with Gasteiger partial charge in [0.1, 0.15) is 6.61 Å². The third-order valence-electron chi connectivity index (χ3n) is 15.3. The van der Waals surface area contributed by atoms with Gasteiger partial charge in [-0.15, -0.1) is 0 Å². The van der Waals surface area contributed by atoms with Gasteiger partial charge in [-0.05, 0) is 135 Å². The number of ether oxygens (including phenoxy) is 2. The van der Waals surface area contributed by atoms with E-state index < -0.39 is 32.5 Å². The molecule has 0 saturated heterocycles. The van der Waals surface area contributed by atoms with Gasteiger partial charge in [-0.3, -0.25) is 18.6 Å². The Morgan fingerprint density at radius 1 is 0.323 bits per heavy atom. The summed E-state index contributed by atoms with van der Waals surface area (Å²) >= 11 is 0. The highest BCUT2D eigenvalue weighted by molar-refractivity contribution is 7.47. The van der Waals surface area contributed by atoms with Crippen LogP contribution in [-0.4, -0.2) is 49.3 Å². The highest BCUT2D eigenvalue weighted by Crippen LogP contribution is 2.43. The van der Waals surface area contributed by atoms with Crippen LogP contribution in [0.3, 0.4) is 0 Å². The molecule has 9 nitrogen and oxygen atoms in total. The Morgan fingerprint density at radius 2 is 0.559 bits per heavy atom. The zero-order valence-corrected chi connectivity index (χ0v) is 60.1. The van der Waals surface area contributed by atoms with Crippen molar-refractivity contribution >= 4 is 19.8 Å². The van der Waals surface area contributed by atoms with Gasteiger partial charge in [0.2, 0.25) is 0 Å². The Bertz CT molecular complexity index is 2180. The third-order valence-corrected chi connectivity index (χ3v) is 16.3. The molecule has 0 aliphatic heterocycles. The van der Waals surface area contributed by atoms with Crippen molar-refractivity contribution < 1.29 is 37.6 Å². The zero-order valence-electron chi connectivity index (χ0n) is 59.2. The van der Waals surface area contributed by atoms with Crippen LogP contribution in [-0.2, 0) is 32.7 Å². The van der Waals surface area contributed by atoms with Crippen LogP contribution in [0.25, 0.3) is 0 Å². The summed E-state index contributed by atoms with van der Waals surface area (Å²) in [6.45, 7) is 3.48. The van der Waals surface area contributed by atoms with Crippen LogP contribution in [0.4, 0.5) is 0 Å². The number of phosphoric ester groups is 1. The maximum Gasteiger partial charge on any atom is 0.472 e. The molecule has 2 unspecified atom stereocenters. The van der Waals surface area contributed by atoms with E-state index in [4.69, 9.17) is 24.3 Å². The lowest BCUT2D eigenvalue weighted by molar-refractivity contribution is -0.161. The van der Waals surface area contributed by atoms with Gasteiger partial charge in [0.15, 0.2) is 6.10 Å². The van der Waals surface area contributed by atoms with Crippen molar-refractivity contribution in [3.8, 4) is 0 Å². The second-order valence-corrected chi connectivity index (χ2v) is 25.5. The molecule has 3 N–H and O–H groups in total. The highest BCUT2D eigenvalue weighted by Gasteiger charge is 2.26. The summed E-state index contributed by atoms with van der Waals surface area (Å²) in [6, 6.07) is 0. The lowest BCUT2D eigenvalue weighted by Gasteiger charge is -2.19. The standard InChI is InChI=1S/C83H136NO8P/c1-3-5-7-9-11-13-15-17-19-21-23-25-27-29-31-33-35-36-37-38-39-40-41-42-43-44-46-47-49-51-53-55-57-59-61-63-65-67-69-71-73-75-82(85)89-79-81(80-91-93(87,88)90-78-77-84)92-83(86)76-74-72-70-68-66-64-62-60-58-56-54-52-50-48-45-34-32-30-28-26-24-22-20-18-16-14-12-10-8-6-4-2/h5-8,11-14,17-20,23-26,29-32,35-36,45,48,52,54,58,60,64,66,81H,3-4,9-10,15-16,21-22,27-28,33-34,37-44,46-47,49-51,53,55-57,59,61-63,65,67-80,84H2,1-2H3,(H,87,88)/b7-5-,8-6-,13-11-,14-12-,19-17-,20-18-,25-23-,26-24-,31-29-,32-30-,36-35-,48-45-,54-52-,60-58-,66-64-. The highest BCUT2D eigenvalue weighted by atomic mass is 31.2.